The molecule has 3 atom stereocenters. The first kappa shape index (κ1) is 32.2. The minimum Gasteiger partial charge on any atom is -0.508 e. The van der Waals surface area contributed by atoms with Crippen LogP contribution in [0.25, 0.3) is 0 Å². The number of aromatic nitrogens is 1. The monoisotopic (exact) mass is 581 g/mol. The number of ether oxygens (including phenoxy) is 2. The summed E-state index contributed by atoms with van der Waals surface area (Å²) in [5, 5.41) is 17.9. The predicted octanol–water partition coefficient (Wildman–Crippen LogP) is 4.41. The summed E-state index contributed by atoms with van der Waals surface area (Å²) in [6.07, 6.45) is 12.7. The van der Waals surface area contributed by atoms with Crippen LogP contribution in [0.1, 0.15) is 81.9 Å². The van der Waals surface area contributed by atoms with E-state index >= 15 is 0 Å². The SMILES string of the molecule is CCCCOC(CNC(=O)CCC(NC(c1ccncc1)c1ccc(N)cc1O)C1CCCCC1)CN1CCOCC1. The van der Waals surface area contributed by atoms with Gasteiger partial charge in [-0.15, -0.1) is 0 Å². The Kier molecular flexibility index (Phi) is 13.3. The van der Waals surface area contributed by atoms with Crippen LogP contribution in [-0.2, 0) is 14.3 Å². The molecule has 9 nitrogen and oxygen atoms in total. The van der Waals surface area contributed by atoms with Crippen molar-refractivity contribution in [1.29, 1.82) is 0 Å². The highest BCUT2D eigenvalue weighted by Gasteiger charge is 2.29. The fourth-order valence-electron chi connectivity index (χ4n) is 6.18. The number of morpholine rings is 1. The minimum absolute atomic E-state index is 0.0320. The summed E-state index contributed by atoms with van der Waals surface area (Å²) in [7, 11) is 0. The molecule has 5 N–H and O–H groups in total. The number of hydrogen-bond acceptors (Lipinski definition) is 8. The first-order chi connectivity index (χ1) is 20.5. The third-order valence-electron chi connectivity index (χ3n) is 8.63. The number of benzene rings is 1. The lowest BCUT2D eigenvalue weighted by atomic mass is 9.81. The number of amides is 1. The Hall–Kier alpha value is -2.72. The molecule has 2 fully saturated rings. The second-order valence-electron chi connectivity index (χ2n) is 11.8. The van der Waals surface area contributed by atoms with Gasteiger partial charge in [0.25, 0.3) is 0 Å². The molecule has 3 unspecified atom stereocenters. The van der Waals surface area contributed by atoms with Gasteiger partial charge in [-0.3, -0.25) is 14.7 Å². The minimum atomic E-state index is -0.242. The summed E-state index contributed by atoms with van der Waals surface area (Å²) in [5.74, 6) is 0.691. The van der Waals surface area contributed by atoms with Crippen molar-refractivity contribution in [2.24, 2.45) is 5.92 Å². The Labute approximate surface area is 251 Å². The van der Waals surface area contributed by atoms with Crippen molar-refractivity contribution in [3.05, 3.63) is 53.9 Å². The van der Waals surface area contributed by atoms with Crippen LogP contribution in [0.4, 0.5) is 5.69 Å². The van der Waals surface area contributed by atoms with Gasteiger partial charge in [0.2, 0.25) is 5.91 Å². The van der Waals surface area contributed by atoms with E-state index in [1.807, 2.05) is 24.3 Å². The van der Waals surface area contributed by atoms with Gasteiger partial charge in [-0.2, -0.15) is 0 Å². The highest BCUT2D eigenvalue weighted by atomic mass is 16.5. The summed E-state index contributed by atoms with van der Waals surface area (Å²) in [4.78, 5) is 19.7. The molecule has 1 amide bonds. The Morgan fingerprint density at radius 3 is 2.64 bits per heavy atom. The molecule has 1 saturated carbocycles. The molecule has 0 bridgehead atoms. The normalized spacial score (nSPS) is 18.8. The molecule has 42 heavy (non-hydrogen) atoms. The standard InChI is InChI=1S/C33H51N5O4/c1-2-3-19-42-28(24-38-17-20-41-21-18-38)23-36-32(40)12-11-30(25-7-5-4-6-8-25)37-33(26-13-15-35-16-14-26)29-10-9-27(34)22-31(29)39/h9-10,13-16,22,25,28,30,33,37,39H,2-8,11-12,17-21,23-24,34H2,1H3,(H,36,40). The number of rotatable bonds is 16. The number of anilines is 1. The number of pyridine rings is 1. The van der Waals surface area contributed by atoms with Crippen molar-refractivity contribution in [1.82, 2.24) is 20.5 Å². The van der Waals surface area contributed by atoms with Gasteiger partial charge < -0.3 is 30.9 Å². The summed E-state index contributed by atoms with van der Waals surface area (Å²) >= 11 is 0. The van der Waals surface area contributed by atoms with Crippen LogP contribution < -0.4 is 16.4 Å². The van der Waals surface area contributed by atoms with Crippen LogP contribution in [0, 0.1) is 5.92 Å². The lowest BCUT2D eigenvalue weighted by molar-refractivity contribution is -0.122. The smallest absolute Gasteiger partial charge is 0.220 e. The molecule has 1 aromatic carbocycles. The average molecular weight is 582 g/mol. The van der Waals surface area contributed by atoms with E-state index in [1.165, 1.54) is 19.3 Å². The molecular formula is C33H51N5O4. The lowest BCUT2D eigenvalue weighted by Gasteiger charge is -2.35. The number of nitrogen functional groups attached to an aromatic ring is 1. The number of phenols is 1. The zero-order chi connectivity index (χ0) is 29.6. The number of carbonyl (C=O) groups excluding carboxylic acids is 1. The van der Waals surface area contributed by atoms with E-state index in [4.69, 9.17) is 15.2 Å². The Morgan fingerprint density at radius 2 is 1.93 bits per heavy atom. The Balaban J connectivity index is 1.41. The summed E-state index contributed by atoms with van der Waals surface area (Å²) in [6.45, 7) is 7.49. The van der Waals surface area contributed by atoms with Crippen LogP contribution >= 0.6 is 0 Å². The van der Waals surface area contributed by atoms with Crippen molar-refractivity contribution in [3.8, 4) is 5.75 Å². The van der Waals surface area contributed by atoms with Crippen molar-refractivity contribution in [3.63, 3.8) is 0 Å². The molecular weight excluding hydrogens is 530 g/mol. The second-order valence-corrected chi connectivity index (χ2v) is 11.8. The molecule has 1 aliphatic heterocycles. The third kappa shape index (κ3) is 10.2. The number of nitrogens with one attached hydrogen (secondary N) is 2. The van der Waals surface area contributed by atoms with E-state index in [-0.39, 0.29) is 29.8 Å². The number of unbranched alkanes of at least 4 members (excludes halogenated alkanes) is 1. The number of aromatic hydroxyl groups is 1. The van der Waals surface area contributed by atoms with Gasteiger partial charge in [0, 0.05) is 75.0 Å². The van der Waals surface area contributed by atoms with Gasteiger partial charge in [-0.25, -0.2) is 0 Å². The van der Waals surface area contributed by atoms with Crippen molar-refractivity contribution in [2.75, 3.05) is 51.7 Å². The van der Waals surface area contributed by atoms with Gasteiger partial charge in [-0.1, -0.05) is 38.7 Å². The number of nitrogens with two attached hydrogens (primary N) is 1. The molecule has 4 rings (SSSR count). The Morgan fingerprint density at radius 1 is 1.17 bits per heavy atom. The number of hydrogen-bond donors (Lipinski definition) is 4. The van der Waals surface area contributed by atoms with Gasteiger partial charge in [-0.05, 0) is 55.4 Å². The van der Waals surface area contributed by atoms with Crippen molar-refractivity contribution >= 4 is 11.6 Å². The fraction of sp³-hybridized carbons (Fsp3) is 0.636. The van der Waals surface area contributed by atoms with Gasteiger partial charge in [0.1, 0.15) is 5.75 Å². The van der Waals surface area contributed by atoms with Gasteiger partial charge in [0.15, 0.2) is 0 Å². The summed E-state index contributed by atoms with van der Waals surface area (Å²) in [5.41, 5.74) is 8.27. The van der Waals surface area contributed by atoms with Crippen LogP contribution in [0.5, 0.6) is 5.75 Å². The topological polar surface area (TPSA) is 122 Å². The molecule has 2 aromatic rings. The molecule has 9 heteroatoms. The maximum atomic E-state index is 13.2. The van der Waals surface area contributed by atoms with E-state index in [2.05, 4.69) is 27.4 Å². The largest absolute Gasteiger partial charge is 0.508 e. The highest BCUT2D eigenvalue weighted by Crippen LogP contribution is 2.35. The lowest BCUT2D eigenvalue weighted by Crippen LogP contribution is -2.46. The van der Waals surface area contributed by atoms with Gasteiger partial charge >= 0.3 is 0 Å². The maximum Gasteiger partial charge on any atom is 0.220 e. The van der Waals surface area contributed by atoms with E-state index in [0.717, 1.165) is 76.1 Å². The predicted molar refractivity (Wildman–Crippen MR) is 166 cm³/mol. The number of phenolic OH excluding ortho intramolecular Hbond substituents is 1. The molecule has 2 heterocycles. The maximum absolute atomic E-state index is 13.2. The fourth-order valence-corrected chi connectivity index (χ4v) is 6.18. The quantitative estimate of drug-likeness (QED) is 0.170. The Bertz CT molecular complexity index is 1060. The van der Waals surface area contributed by atoms with Crippen LogP contribution in [0.3, 0.4) is 0 Å². The second kappa shape index (κ2) is 17.4. The van der Waals surface area contributed by atoms with E-state index in [9.17, 15) is 9.90 Å². The van der Waals surface area contributed by atoms with Crippen LogP contribution in [0.15, 0.2) is 42.7 Å². The van der Waals surface area contributed by atoms with E-state index in [1.54, 1.807) is 18.5 Å². The third-order valence-corrected chi connectivity index (χ3v) is 8.63. The first-order valence-corrected chi connectivity index (χ1v) is 16.0. The zero-order valence-corrected chi connectivity index (χ0v) is 25.3. The molecule has 2 aliphatic rings. The highest BCUT2D eigenvalue weighted by molar-refractivity contribution is 5.75. The molecule has 1 saturated heterocycles. The van der Waals surface area contributed by atoms with E-state index in [0.29, 0.717) is 31.2 Å². The first-order valence-electron chi connectivity index (χ1n) is 16.0. The molecule has 232 valence electrons. The van der Waals surface area contributed by atoms with Crippen molar-refractivity contribution in [2.45, 2.75) is 82.9 Å². The molecule has 1 aromatic heterocycles. The molecule has 1 aliphatic carbocycles. The van der Waals surface area contributed by atoms with E-state index < -0.39 is 0 Å². The van der Waals surface area contributed by atoms with Crippen LogP contribution in [0.2, 0.25) is 0 Å². The summed E-state index contributed by atoms with van der Waals surface area (Å²) in [6, 6.07) is 9.15. The van der Waals surface area contributed by atoms with Crippen LogP contribution in [-0.4, -0.2) is 79.0 Å². The van der Waals surface area contributed by atoms with Gasteiger partial charge in [0.05, 0.1) is 25.4 Å². The number of carbonyl (C=O) groups is 1. The zero-order valence-electron chi connectivity index (χ0n) is 25.3. The van der Waals surface area contributed by atoms with Crippen molar-refractivity contribution < 1.29 is 19.4 Å². The molecule has 0 radical (unpaired) electrons. The number of nitrogens with zero attached hydrogens (tertiary/aromatic N) is 2. The molecule has 0 spiro atoms. The summed E-state index contributed by atoms with van der Waals surface area (Å²) < 4.78 is 11.7. The average Bonchev–Trinajstić information content (AvgIpc) is 3.02.